The molecule has 27 heavy (non-hydrogen) atoms. The maximum atomic E-state index is 12.7. The van der Waals surface area contributed by atoms with Crippen molar-refractivity contribution in [1.29, 1.82) is 0 Å². The van der Waals surface area contributed by atoms with Crippen LogP contribution < -0.4 is 5.32 Å². The first-order valence-electron chi connectivity index (χ1n) is 10.1. The van der Waals surface area contributed by atoms with Crippen molar-refractivity contribution in [3.8, 4) is 0 Å². The molecule has 144 valence electrons. The predicted molar refractivity (Wildman–Crippen MR) is 108 cm³/mol. The normalized spacial score (nSPS) is 18.9. The smallest absolute Gasteiger partial charge is 0.233 e. The molecule has 1 aromatic heterocycles. The molecule has 2 aromatic rings. The zero-order valence-electron chi connectivity index (χ0n) is 16.1. The highest BCUT2D eigenvalue weighted by molar-refractivity contribution is 8.00. The van der Waals surface area contributed by atoms with Gasteiger partial charge in [-0.15, -0.1) is 10.2 Å². The van der Waals surface area contributed by atoms with E-state index in [-0.39, 0.29) is 11.2 Å². The van der Waals surface area contributed by atoms with Gasteiger partial charge in [0.25, 0.3) is 0 Å². The van der Waals surface area contributed by atoms with Gasteiger partial charge in [0, 0.05) is 24.4 Å². The number of carbonyl (C=O) groups excluding carboxylic acids is 1. The molecule has 1 heterocycles. The van der Waals surface area contributed by atoms with Gasteiger partial charge < -0.3 is 9.88 Å². The molecule has 4 rings (SSSR count). The van der Waals surface area contributed by atoms with Crippen molar-refractivity contribution in [3.05, 3.63) is 41.7 Å². The van der Waals surface area contributed by atoms with Gasteiger partial charge >= 0.3 is 0 Å². The van der Waals surface area contributed by atoms with Crippen molar-refractivity contribution < 1.29 is 4.79 Å². The average molecular weight is 385 g/mol. The number of thioether (sulfide) groups is 1. The van der Waals surface area contributed by atoms with Gasteiger partial charge in [0.1, 0.15) is 5.82 Å². The number of nitrogens with zero attached hydrogens (tertiary/aromatic N) is 3. The zero-order chi connectivity index (χ0) is 18.8. The highest BCUT2D eigenvalue weighted by Crippen LogP contribution is 2.46. The maximum Gasteiger partial charge on any atom is 0.233 e. The van der Waals surface area contributed by atoms with Crippen molar-refractivity contribution in [2.45, 2.75) is 74.2 Å². The fourth-order valence-electron chi connectivity index (χ4n) is 3.47. The number of carbonyl (C=O) groups is 1. The number of amides is 1. The molecular weight excluding hydrogens is 356 g/mol. The summed E-state index contributed by atoms with van der Waals surface area (Å²) < 4.78 is 2.31. The van der Waals surface area contributed by atoms with Crippen LogP contribution in [0.5, 0.6) is 0 Å². The second-order valence-corrected chi connectivity index (χ2v) is 9.05. The Labute approximate surface area is 165 Å². The molecular formula is C21H28N4OS. The lowest BCUT2D eigenvalue weighted by Gasteiger charge is -2.18. The van der Waals surface area contributed by atoms with Crippen LogP contribution in [0.25, 0.3) is 0 Å². The van der Waals surface area contributed by atoms with Crippen LogP contribution >= 0.6 is 11.8 Å². The van der Waals surface area contributed by atoms with Gasteiger partial charge in [0.15, 0.2) is 5.16 Å². The first-order valence-corrected chi connectivity index (χ1v) is 11.0. The van der Waals surface area contributed by atoms with Crippen LogP contribution in [0.3, 0.4) is 0 Å². The fourth-order valence-corrected chi connectivity index (χ4v) is 4.42. The van der Waals surface area contributed by atoms with Crippen LogP contribution in [-0.4, -0.2) is 32.5 Å². The summed E-state index contributed by atoms with van der Waals surface area (Å²) in [6, 6.07) is 11.0. The first-order chi connectivity index (χ1) is 13.2. The Morgan fingerprint density at radius 3 is 2.59 bits per heavy atom. The lowest BCUT2D eigenvalue weighted by molar-refractivity contribution is -0.120. The van der Waals surface area contributed by atoms with Crippen LogP contribution in [-0.2, 0) is 4.79 Å². The summed E-state index contributed by atoms with van der Waals surface area (Å²) in [7, 11) is 0. The van der Waals surface area contributed by atoms with E-state index < -0.39 is 0 Å². The lowest BCUT2D eigenvalue weighted by atomic mass is 9.96. The van der Waals surface area contributed by atoms with Crippen molar-refractivity contribution in [1.82, 2.24) is 20.1 Å². The Morgan fingerprint density at radius 2 is 1.96 bits per heavy atom. The minimum atomic E-state index is -0.174. The molecule has 2 aliphatic rings. The second-order valence-electron chi connectivity index (χ2n) is 7.74. The Kier molecular flexibility index (Phi) is 5.53. The van der Waals surface area contributed by atoms with E-state index in [9.17, 15) is 4.79 Å². The van der Waals surface area contributed by atoms with Gasteiger partial charge in [0.2, 0.25) is 5.91 Å². The van der Waals surface area contributed by atoms with E-state index in [1.165, 1.54) is 31.2 Å². The summed E-state index contributed by atoms with van der Waals surface area (Å²) in [5.41, 5.74) is 1.28. The quantitative estimate of drug-likeness (QED) is 0.656. The molecule has 0 radical (unpaired) electrons. The number of benzene rings is 1. The van der Waals surface area contributed by atoms with E-state index in [0.717, 1.165) is 17.4 Å². The molecule has 5 nitrogen and oxygen atoms in total. The third-order valence-electron chi connectivity index (χ3n) is 5.48. The summed E-state index contributed by atoms with van der Waals surface area (Å²) >= 11 is 1.55. The van der Waals surface area contributed by atoms with Gasteiger partial charge in [-0.3, -0.25) is 4.79 Å². The van der Waals surface area contributed by atoms with Gasteiger partial charge in [-0.1, -0.05) is 49.0 Å². The molecule has 6 heteroatoms. The summed E-state index contributed by atoms with van der Waals surface area (Å²) in [5.74, 6) is 2.16. The molecule has 0 bridgehead atoms. The largest absolute Gasteiger partial charge is 0.355 e. The maximum absolute atomic E-state index is 12.7. The summed E-state index contributed by atoms with van der Waals surface area (Å²) in [5, 5.41) is 12.7. The highest BCUT2D eigenvalue weighted by Gasteiger charge is 2.37. The van der Waals surface area contributed by atoms with Crippen molar-refractivity contribution >= 4 is 17.7 Å². The van der Waals surface area contributed by atoms with E-state index in [1.54, 1.807) is 11.8 Å². The molecule has 1 N–H and O–H groups in total. The Morgan fingerprint density at radius 1 is 1.22 bits per heavy atom. The van der Waals surface area contributed by atoms with Crippen molar-refractivity contribution in [2.75, 3.05) is 6.54 Å². The van der Waals surface area contributed by atoms with E-state index >= 15 is 0 Å². The van der Waals surface area contributed by atoms with Crippen LogP contribution in [0.4, 0.5) is 0 Å². The van der Waals surface area contributed by atoms with Crippen LogP contribution in [0.1, 0.15) is 75.2 Å². The number of rotatable bonds is 9. The van der Waals surface area contributed by atoms with E-state index in [2.05, 4.69) is 51.3 Å². The van der Waals surface area contributed by atoms with Gasteiger partial charge in [0.05, 0.1) is 5.25 Å². The molecule has 0 unspecified atom stereocenters. The minimum Gasteiger partial charge on any atom is -0.355 e. The van der Waals surface area contributed by atoms with Gasteiger partial charge in [-0.2, -0.15) is 0 Å². The monoisotopic (exact) mass is 384 g/mol. The zero-order valence-corrected chi connectivity index (χ0v) is 16.9. The SMILES string of the molecule is CC[C@H](CNC(=O)[C@H](C)Sc1nnc(C2CC2)n1C1CC1)c1ccccc1. The minimum absolute atomic E-state index is 0.0766. The molecule has 1 aromatic carbocycles. The third kappa shape index (κ3) is 4.37. The summed E-state index contributed by atoms with van der Waals surface area (Å²) in [4.78, 5) is 12.7. The number of nitrogens with one attached hydrogen (secondary N) is 1. The molecule has 2 fully saturated rings. The van der Waals surface area contributed by atoms with Crippen LogP contribution in [0.15, 0.2) is 35.5 Å². The molecule has 2 aliphatic carbocycles. The van der Waals surface area contributed by atoms with E-state index in [0.29, 0.717) is 24.4 Å². The number of hydrogen-bond donors (Lipinski definition) is 1. The van der Waals surface area contributed by atoms with Gasteiger partial charge in [-0.25, -0.2) is 0 Å². The highest BCUT2D eigenvalue weighted by atomic mass is 32.2. The topological polar surface area (TPSA) is 59.8 Å². The van der Waals surface area contributed by atoms with Crippen molar-refractivity contribution in [3.63, 3.8) is 0 Å². The summed E-state index contributed by atoms with van der Waals surface area (Å²) in [6.45, 7) is 4.80. The molecule has 0 aliphatic heterocycles. The van der Waals surface area contributed by atoms with E-state index in [1.807, 2.05) is 13.0 Å². The molecule has 0 spiro atoms. The Hall–Kier alpha value is -1.82. The molecule has 2 saturated carbocycles. The number of aromatic nitrogens is 3. The van der Waals surface area contributed by atoms with E-state index in [4.69, 9.17) is 0 Å². The number of hydrogen-bond acceptors (Lipinski definition) is 4. The fraction of sp³-hybridized carbons (Fsp3) is 0.571. The van der Waals surface area contributed by atoms with Gasteiger partial charge in [-0.05, 0) is 44.6 Å². The molecule has 0 saturated heterocycles. The second kappa shape index (κ2) is 8.05. The Bertz CT molecular complexity index is 783. The summed E-state index contributed by atoms with van der Waals surface area (Å²) in [6.07, 6.45) is 5.88. The standard InChI is InChI=1S/C21H28N4OS/c1-3-15(16-7-5-4-6-8-16)13-22-20(26)14(2)27-21-24-23-19(17-9-10-17)25(21)18-11-12-18/h4-8,14-15,17-18H,3,9-13H2,1-2H3,(H,22,26)/t14-,15+/m0/s1. The Balaban J connectivity index is 1.36. The lowest BCUT2D eigenvalue weighted by Crippen LogP contribution is -2.34. The predicted octanol–water partition coefficient (Wildman–Crippen LogP) is 4.28. The van der Waals surface area contributed by atoms with Crippen molar-refractivity contribution in [2.24, 2.45) is 0 Å². The molecule has 2 atom stereocenters. The third-order valence-corrected chi connectivity index (χ3v) is 6.54. The molecule has 1 amide bonds. The van der Waals surface area contributed by atoms with Crippen LogP contribution in [0, 0.1) is 0 Å². The van der Waals surface area contributed by atoms with Crippen LogP contribution in [0.2, 0.25) is 0 Å². The first kappa shape index (κ1) is 18.5. The average Bonchev–Trinajstić information content (AvgIpc) is 3.62.